The highest BCUT2D eigenvalue weighted by molar-refractivity contribution is 6.29. The molecule has 0 radical (unpaired) electrons. The number of nitrogens with one attached hydrogen (secondary N) is 2. The molecule has 0 atom stereocenters. The topological polar surface area (TPSA) is 73.9 Å². The quantitative estimate of drug-likeness (QED) is 0.689. The minimum atomic E-state index is -0.159. The number of benzene rings is 1. The predicted octanol–water partition coefficient (Wildman–Crippen LogP) is 3.72. The van der Waals surface area contributed by atoms with E-state index >= 15 is 0 Å². The molecule has 7 heteroatoms. The van der Waals surface area contributed by atoms with Gasteiger partial charge in [0.05, 0.1) is 12.2 Å². The SMILES string of the molecule is O=C(Nc1ccnc(Cl)c1)N1CCc2[nH]nc(-c3ccccc3)c2C1. The van der Waals surface area contributed by atoms with Crippen LogP contribution in [0.1, 0.15) is 11.3 Å². The van der Waals surface area contributed by atoms with E-state index in [4.69, 9.17) is 11.6 Å². The summed E-state index contributed by atoms with van der Waals surface area (Å²) in [4.78, 5) is 18.3. The van der Waals surface area contributed by atoms with Crippen molar-refractivity contribution in [3.8, 4) is 11.3 Å². The second kappa shape index (κ2) is 6.57. The zero-order valence-electron chi connectivity index (χ0n) is 13.4. The van der Waals surface area contributed by atoms with Crippen LogP contribution in [-0.2, 0) is 13.0 Å². The number of anilines is 1. The van der Waals surface area contributed by atoms with E-state index in [1.807, 2.05) is 30.3 Å². The third-order valence-corrected chi connectivity index (χ3v) is 4.45. The van der Waals surface area contributed by atoms with E-state index in [2.05, 4.69) is 20.5 Å². The largest absolute Gasteiger partial charge is 0.322 e. The molecule has 0 aliphatic carbocycles. The first-order valence-electron chi connectivity index (χ1n) is 8.00. The number of aromatic nitrogens is 3. The Labute approximate surface area is 149 Å². The normalized spacial score (nSPS) is 13.4. The van der Waals surface area contributed by atoms with Crippen molar-refractivity contribution in [3.63, 3.8) is 0 Å². The molecule has 126 valence electrons. The Kier molecular flexibility index (Phi) is 4.11. The Balaban J connectivity index is 1.54. The van der Waals surface area contributed by atoms with E-state index in [1.165, 1.54) is 0 Å². The average Bonchev–Trinajstić information content (AvgIpc) is 3.05. The van der Waals surface area contributed by atoms with E-state index < -0.39 is 0 Å². The Hall–Kier alpha value is -2.86. The summed E-state index contributed by atoms with van der Waals surface area (Å²) < 4.78 is 0. The number of carbonyl (C=O) groups is 1. The summed E-state index contributed by atoms with van der Waals surface area (Å²) in [5.41, 5.74) is 4.74. The molecule has 0 fully saturated rings. The van der Waals surface area contributed by atoms with Crippen molar-refractivity contribution in [2.45, 2.75) is 13.0 Å². The van der Waals surface area contributed by atoms with Crippen LogP contribution in [0.25, 0.3) is 11.3 Å². The van der Waals surface area contributed by atoms with E-state index in [0.29, 0.717) is 23.9 Å². The van der Waals surface area contributed by atoms with Crippen LogP contribution >= 0.6 is 11.6 Å². The number of hydrogen-bond donors (Lipinski definition) is 2. The number of urea groups is 1. The van der Waals surface area contributed by atoms with Crippen molar-refractivity contribution in [1.29, 1.82) is 0 Å². The van der Waals surface area contributed by atoms with Gasteiger partial charge in [-0.3, -0.25) is 5.10 Å². The van der Waals surface area contributed by atoms with Gasteiger partial charge >= 0.3 is 6.03 Å². The highest BCUT2D eigenvalue weighted by atomic mass is 35.5. The van der Waals surface area contributed by atoms with Crippen LogP contribution in [-0.4, -0.2) is 32.7 Å². The summed E-state index contributed by atoms with van der Waals surface area (Å²) in [7, 11) is 0. The van der Waals surface area contributed by atoms with Gasteiger partial charge in [-0.2, -0.15) is 5.10 Å². The lowest BCUT2D eigenvalue weighted by Gasteiger charge is -2.27. The van der Waals surface area contributed by atoms with Crippen LogP contribution < -0.4 is 5.32 Å². The Morgan fingerprint density at radius 1 is 1.24 bits per heavy atom. The van der Waals surface area contributed by atoms with Crippen molar-refractivity contribution in [3.05, 3.63) is 65.1 Å². The van der Waals surface area contributed by atoms with Gasteiger partial charge in [0.1, 0.15) is 5.15 Å². The minimum absolute atomic E-state index is 0.159. The number of fused-ring (bicyclic) bond motifs is 1. The molecular weight excluding hydrogens is 338 g/mol. The standard InChI is InChI=1S/C18H16ClN5O/c19-16-10-13(6-8-20-16)21-18(25)24-9-7-15-14(11-24)17(23-22-15)12-4-2-1-3-5-12/h1-6,8,10H,7,9,11H2,(H,22,23)(H,20,21,25). The number of hydrogen-bond acceptors (Lipinski definition) is 3. The molecule has 2 amide bonds. The van der Waals surface area contributed by atoms with Crippen molar-refractivity contribution in [1.82, 2.24) is 20.1 Å². The van der Waals surface area contributed by atoms with E-state index in [9.17, 15) is 4.79 Å². The summed E-state index contributed by atoms with van der Waals surface area (Å²) >= 11 is 5.87. The van der Waals surface area contributed by atoms with Gasteiger partial charge in [0.25, 0.3) is 0 Å². The first-order valence-corrected chi connectivity index (χ1v) is 8.37. The molecule has 0 spiro atoms. The summed E-state index contributed by atoms with van der Waals surface area (Å²) in [5.74, 6) is 0. The van der Waals surface area contributed by atoms with Crippen LogP contribution in [0.15, 0.2) is 48.7 Å². The lowest BCUT2D eigenvalue weighted by Crippen LogP contribution is -2.38. The van der Waals surface area contributed by atoms with Gasteiger partial charge in [0.2, 0.25) is 0 Å². The number of pyridine rings is 1. The highest BCUT2D eigenvalue weighted by Crippen LogP contribution is 2.28. The van der Waals surface area contributed by atoms with Gasteiger partial charge in [0.15, 0.2) is 0 Å². The monoisotopic (exact) mass is 353 g/mol. The molecular formula is C18H16ClN5O. The van der Waals surface area contributed by atoms with Crippen LogP contribution in [0.4, 0.5) is 10.5 Å². The number of carbonyl (C=O) groups excluding carboxylic acids is 1. The molecule has 2 aromatic heterocycles. The van der Waals surface area contributed by atoms with Gasteiger partial charge in [-0.05, 0) is 12.1 Å². The third-order valence-electron chi connectivity index (χ3n) is 4.25. The lowest BCUT2D eigenvalue weighted by molar-refractivity contribution is 0.206. The minimum Gasteiger partial charge on any atom is -0.320 e. The van der Waals surface area contributed by atoms with Crippen molar-refractivity contribution in [2.75, 3.05) is 11.9 Å². The zero-order valence-corrected chi connectivity index (χ0v) is 14.1. The van der Waals surface area contributed by atoms with Gasteiger partial charge in [0, 0.05) is 41.7 Å². The molecule has 0 bridgehead atoms. The van der Waals surface area contributed by atoms with Crippen molar-refractivity contribution in [2.24, 2.45) is 0 Å². The second-order valence-electron chi connectivity index (χ2n) is 5.86. The Morgan fingerprint density at radius 3 is 2.88 bits per heavy atom. The maximum atomic E-state index is 12.6. The molecule has 25 heavy (non-hydrogen) atoms. The average molecular weight is 354 g/mol. The number of aromatic amines is 1. The Morgan fingerprint density at radius 2 is 2.08 bits per heavy atom. The van der Waals surface area contributed by atoms with Gasteiger partial charge in [-0.25, -0.2) is 9.78 Å². The van der Waals surface area contributed by atoms with Crippen LogP contribution in [0.3, 0.4) is 0 Å². The van der Waals surface area contributed by atoms with Crippen LogP contribution in [0.5, 0.6) is 0 Å². The van der Waals surface area contributed by atoms with E-state index in [-0.39, 0.29) is 6.03 Å². The van der Waals surface area contributed by atoms with Gasteiger partial charge in [-0.15, -0.1) is 0 Å². The molecule has 1 aliphatic rings. The predicted molar refractivity (Wildman–Crippen MR) is 96.4 cm³/mol. The number of halogens is 1. The van der Waals surface area contributed by atoms with Crippen molar-refractivity contribution < 1.29 is 4.79 Å². The summed E-state index contributed by atoms with van der Waals surface area (Å²) in [6.45, 7) is 1.15. The maximum absolute atomic E-state index is 12.6. The third kappa shape index (κ3) is 3.21. The number of rotatable bonds is 2. The molecule has 4 rings (SSSR count). The zero-order chi connectivity index (χ0) is 17.2. The first-order chi connectivity index (χ1) is 12.2. The molecule has 3 aromatic rings. The lowest BCUT2D eigenvalue weighted by atomic mass is 10.0. The summed E-state index contributed by atoms with van der Waals surface area (Å²) in [5, 5.41) is 10.8. The molecule has 0 saturated carbocycles. The fraction of sp³-hybridized carbons (Fsp3) is 0.167. The number of H-pyrrole nitrogens is 1. The van der Waals surface area contributed by atoms with Gasteiger partial charge < -0.3 is 10.2 Å². The second-order valence-corrected chi connectivity index (χ2v) is 6.25. The van der Waals surface area contributed by atoms with Crippen LogP contribution in [0, 0.1) is 0 Å². The molecule has 3 heterocycles. The highest BCUT2D eigenvalue weighted by Gasteiger charge is 2.25. The van der Waals surface area contributed by atoms with Gasteiger partial charge in [-0.1, -0.05) is 41.9 Å². The van der Waals surface area contributed by atoms with Crippen LogP contribution in [0.2, 0.25) is 5.15 Å². The summed E-state index contributed by atoms with van der Waals surface area (Å²) in [6, 6.07) is 13.2. The molecule has 2 N–H and O–H groups in total. The molecule has 0 saturated heterocycles. The van der Waals surface area contributed by atoms with E-state index in [1.54, 1.807) is 23.2 Å². The fourth-order valence-corrected chi connectivity index (χ4v) is 3.16. The maximum Gasteiger partial charge on any atom is 0.322 e. The Bertz CT molecular complexity index is 909. The first kappa shape index (κ1) is 15.7. The molecule has 0 unspecified atom stereocenters. The molecule has 1 aliphatic heterocycles. The van der Waals surface area contributed by atoms with E-state index in [0.717, 1.165) is 28.9 Å². The molecule has 6 nitrogen and oxygen atoms in total. The van der Waals surface area contributed by atoms with Crippen molar-refractivity contribution >= 4 is 23.3 Å². The molecule has 1 aromatic carbocycles. The summed E-state index contributed by atoms with van der Waals surface area (Å²) in [6.07, 6.45) is 2.32. The fourth-order valence-electron chi connectivity index (χ4n) is 2.99. The number of nitrogens with zero attached hydrogens (tertiary/aromatic N) is 3. The smallest absolute Gasteiger partial charge is 0.320 e. The number of amides is 2.